The van der Waals surface area contributed by atoms with Crippen LogP contribution in [0.2, 0.25) is 0 Å². The molecule has 2 rings (SSSR count). The molecule has 0 aliphatic carbocycles. The number of imidazole rings is 1. The second-order valence-electron chi connectivity index (χ2n) is 8.81. The number of nitrogens with two attached hydrogens (primary N) is 1. The molecule has 0 saturated heterocycles. The van der Waals surface area contributed by atoms with Crippen molar-refractivity contribution in [2.24, 2.45) is 5.73 Å². The van der Waals surface area contributed by atoms with Crippen molar-refractivity contribution in [1.82, 2.24) is 25.9 Å². The Balaban J connectivity index is 2.21. The zero-order chi connectivity index (χ0) is 28.8. The molecule has 0 bridgehead atoms. The lowest BCUT2D eigenvalue weighted by molar-refractivity contribution is -0.143. The molecule has 1 heterocycles. The van der Waals surface area contributed by atoms with Crippen LogP contribution >= 0.6 is 11.8 Å². The predicted octanol–water partition coefficient (Wildman–Crippen LogP) is -0.321. The lowest BCUT2D eigenvalue weighted by Gasteiger charge is -2.25. The van der Waals surface area contributed by atoms with Gasteiger partial charge in [-0.25, -0.2) is 9.78 Å². The first-order chi connectivity index (χ1) is 18.6. The third-order valence-corrected chi connectivity index (χ3v) is 6.40. The fourth-order valence-corrected chi connectivity index (χ4v) is 4.10. The van der Waals surface area contributed by atoms with Gasteiger partial charge < -0.3 is 36.9 Å². The Morgan fingerprint density at radius 3 is 2.15 bits per heavy atom. The molecule has 4 atom stereocenters. The van der Waals surface area contributed by atoms with E-state index in [4.69, 9.17) is 10.8 Å². The normalized spacial score (nSPS) is 13.9. The molecule has 3 amide bonds. The standard InChI is InChI=1S/C25H34N6O7S/c1-39-10-9-17(26)22(34)30-19(11-15-5-3-2-4-6-15)24(36)29-18(7-8-21(32)33)23(35)31-20(25(37)38)12-16-13-27-14-28-16/h2-6,13-14,17-20H,7-12,26H2,1H3,(H,27,28)(H,29,36)(H,30,34)(H,31,35)(H,32,33)(H,37,38). The van der Waals surface area contributed by atoms with E-state index in [9.17, 15) is 29.1 Å². The van der Waals surface area contributed by atoms with Gasteiger partial charge in [0.05, 0.1) is 12.4 Å². The van der Waals surface area contributed by atoms with Gasteiger partial charge in [-0.2, -0.15) is 11.8 Å². The van der Waals surface area contributed by atoms with E-state index in [1.807, 2.05) is 6.26 Å². The highest BCUT2D eigenvalue weighted by atomic mass is 32.2. The number of aromatic amines is 1. The predicted molar refractivity (Wildman–Crippen MR) is 144 cm³/mol. The van der Waals surface area contributed by atoms with Gasteiger partial charge in [-0.3, -0.25) is 19.2 Å². The van der Waals surface area contributed by atoms with Gasteiger partial charge in [0.1, 0.15) is 18.1 Å². The quantitative estimate of drug-likeness (QED) is 0.133. The molecule has 4 unspecified atom stereocenters. The maximum absolute atomic E-state index is 13.3. The molecule has 39 heavy (non-hydrogen) atoms. The number of nitrogens with zero attached hydrogens (tertiary/aromatic N) is 1. The molecule has 2 aromatic rings. The first-order valence-electron chi connectivity index (χ1n) is 12.2. The number of thioether (sulfide) groups is 1. The molecule has 8 N–H and O–H groups in total. The van der Waals surface area contributed by atoms with Crippen LogP contribution in [-0.4, -0.2) is 86.0 Å². The van der Waals surface area contributed by atoms with Crippen LogP contribution in [0, 0.1) is 0 Å². The number of rotatable bonds is 17. The van der Waals surface area contributed by atoms with Crippen molar-refractivity contribution < 1.29 is 34.2 Å². The van der Waals surface area contributed by atoms with Crippen molar-refractivity contribution in [2.75, 3.05) is 12.0 Å². The Labute approximate surface area is 229 Å². The molecule has 13 nitrogen and oxygen atoms in total. The van der Waals surface area contributed by atoms with Crippen LogP contribution in [0.5, 0.6) is 0 Å². The Kier molecular flexibility index (Phi) is 13.0. The first-order valence-corrected chi connectivity index (χ1v) is 13.6. The number of hydrogen-bond donors (Lipinski definition) is 7. The van der Waals surface area contributed by atoms with Crippen LogP contribution in [-0.2, 0) is 36.8 Å². The fraction of sp³-hybridized carbons (Fsp3) is 0.440. The van der Waals surface area contributed by atoms with E-state index < -0.39 is 60.2 Å². The van der Waals surface area contributed by atoms with Gasteiger partial charge in [-0.05, 0) is 30.4 Å². The maximum Gasteiger partial charge on any atom is 0.326 e. The summed E-state index contributed by atoms with van der Waals surface area (Å²) in [6.45, 7) is 0. The number of carbonyl (C=O) groups excluding carboxylic acids is 3. The van der Waals surface area contributed by atoms with Gasteiger partial charge in [0.2, 0.25) is 17.7 Å². The summed E-state index contributed by atoms with van der Waals surface area (Å²) in [7, 11) is 0. The van der Waals surface area contributed by atoms with Crippen molar-refractivity contribution >= 4 is 41.4 Å². The summed E-state index contributed by atoms with van der Waals surface area (Å²) >= 11 is 1.52. The summed E-state index contributed by atoms with van der Waals surface area (Å²) < 4.78 is 0. The monoisotopic (exact) mass is 562 g/mol. The molecular formula is C25H34N6O7S. The van der Waals surface area contributed by atoms with Crippen LogP contribution in [0.3, 0.4) is 0 Å². The zero-order valence-electron chi connectivity index (χ0n) is 21.5. The van der Waals surface area contributed by atoms with Gasteiger partial charge >= 0.3 is 11.9 Å². The number of hydrogen-bond acceptors (Lipinski definition) is 8. The highest BCUT2D eigenvalue weighted by Crippen LogP contribution is 2.08. The number of aliphatic carboxylic acids is 2. The fourth-order valence-electron chi connectivity index (χ4n) is 3.61. The second-order valence-corrected chi connectivity index (χ2v) is 9.80. The van der Waals surface area contributed by atoms with Gasteiger partial charge in [0.25, 0.3) is 0 Å². The molecule has 0 fully saturated rings. The van der Waals surface area contributed by atoms with E-state index in [1.165, 1.54) is 24.3 Å². The second kappa shape index (κ2) is 16.1. The number of amides is 3. The SMILES string of the molecule is CSCCC(N)C(=O)NC(Cc1ccccc1)C(=O)NC(CCC(=O)O)C(=O)NC(Cc1cnc[nH]1)C(=O)O. The Bertz CT molecular complexity index is 1100. The molecule has 0 aliphatic rings. The van der Waals surface area contributed by atoms with Crippen LogP contribution in [0.25, 0.3) is 0 Å². The van der Waals surface area contributed by atoms with Gasteiger partial charge in [-0.15, -0.1) is 0 Å². The van der Waals surface area contributed by atoms with E-state index in [-0.39, 0.29) is 19.3 Å². The number of benzene rings is 1. The molecular weight excluding hydrogens is 528 g/mol. The molecule has 0 aliphatic heterocycles. The highest BCUT2D eigenvalue weighted by molar-refractivity contribution is 7.98. The van der Waals surface area contributed by atoms with Crippen LogP contribution in [0.1, 0.15) is 30.5 Å². The highest BCUT2D eigenvalue weighted by Gasteiger charge is 2.31. The smallest absolute Gasteiger partial charge is 0.326 e. The summed E-state index contributed by atoms with van der Waals surface area (Å²) in [5.41, 5.74) is 7.15. The van der Waals surface area contributed by atoms with Gasteiger partial charge in [0, 0.05) is 31.2 Å². The third-order valence-electron chi connectivity index (χ3n) is 5.76. The van der Waals surface area contributed by atoms with Crippen molar-refractivity contribution in [3.8, 4) is 0 Å². The van der Waals surface area contributed by atoms with E-state index >= 15 is 0 Å². The lowest BCUT2D eigenvalue weighted by atomic mass is 10.0. The zero-order valence-corrected chi connectivity index (χ0v) is 22.3. The van der Waals surface area contributed by atoms with Crippen molar-refractivity contribution in [2.45, 2.75) is 56.3 Å². The molecule has 0 saturated carbocycles. The van der Waals surface area contributed by atoms with Crippen molar-refractivity contribution in [3.05, 3.63) is 54.1 Å². The summed E-state index contributed by atoms with van der Waals surface area (Å²) in [5, 5.41) is 26.2. The van der Waals surface area contributed by atoms with E-state index in [0.717, 1.165) is 5.56 Å². The number of H-pyrrole nitrogens is 1. The van der Waals surface area contributed by atoms with Gasteiger partial charge in [0.15, 0.2) is 0 Å². The van der Waals surface area contributed by atoms with Crippen molar-refractivity contribution in [1.29, 1.82) is 0 Å². The average molecular weight is 563 g/mol. The van der Waals surface area contributed by atoms with Crippen molar-refractivity contribution in [3.63, 3.8) is 0 Å². The molecule has 1 aromatic heterocycles. The Morgan fingerprint density at radius 1 is 0.923 bits per heavy atom. The number of carboxylic acids is 2. The number of nitrogens with one attached hydrogen (secondary N) is 4. The summed E-state index contributed by atoms with van der Waals surface area (Å²) in [6, 6.07) is 4.15. The van der Waals surface area contributed by atoms with Crippen LogP contribution in [0.15, 0.2) is 42.9 Å². The lowest BCUT2D eigenvalue weighted by Crippen LogP contribution is -2.57. The van der Waals surface area contributed by atoms with E-state index in [1.54, 1.807) is 30.3 Å². The molecule has 14 heteroatoms. The topological polar surface area (TPSA) is 217 Å². The number of carboxylic acid groups (broad SMARTS) is 2. The van der Waals surface area contributed by atoms with E-state index in [2.05, 4.69) is 25.9 Å². The minimum atomic E-state index is -1.38. The Morgan fingerprint density at radius 2 is 1.56 bits per heavy atom. The molecule has 212 valence electrons. The third kappa shape index (κ3) is 11.2. The average Bonchev–Trinajstić information content (AvgIpc) is 3.42. The number of aromatic nitrogens is 2. The Hall–Kier alpha value is -3.91. The summed E-state index contributed by atoms with van der Waals surface area (Å²) in [6.07, 6.45) is 4.24. The summed E-state index contributed by atoms with van der Waals surface area (Å²) in [5.74, 6) is -4.05. The van der Waals surface area contributed by atoms with Crippen LogP contribution < -0.4 is 21.7 Å². The molecule has 0 spiro atoms. The largest absolute Gasteiger partial charge is 0.481 e. The minimum Gasteiger partial charge on any atom is -0.481 e. The molecule has 0 radical (unpaired) electrons. The maximum atomic E-state index is 13.3. The first kappa shape index (κ1) is 31.3. The number of carbonyl (C=O) groups is 5. The van der Waals surface area contributed by atoms with Gasteiger partial charge in [-0.1, -0.05) is 30.3 Å². The minimum absolute atomic E-state index is 0.0819. The van der Waals surface area contributed by atoms with Crippen LogP contribution in [0.4, 0.5) is 0 Å². The summed E-state index contributed by atoms with van der Waals surface area (Å²) in [4.78, 5) is 68.6. The van der Waals surface area contributed by atoms with E-state index in [0.29, 0.717) is 17.9 Å². The molecule has 1 aromatic carbocycles.